The molecule has 1 N–H and O–H groups in total. The van der Waals surface area contributed by atoms with E-state index in [0.717, 1.165) is 18.2 Å². The third kappa shape index (κ3) is 3.93. The maximum atomic E-state index is 13.3. The molecule has 0 aliphatic carbocycles. The van der Waals surface area contributed by atoms with E-state index in [1.54, 1.807) is 18.2 Å². The molecule has 0 saturated carbocycles. The molecule has 0 heterocycles. The number of ether oxygens (including phenoxy) is 1. The van der Waals surface area contributed by atoms with Crippen molar-refractivity contribution in [1.82, 2.24) is 0 Å². The molecule has 0 aromatic heterocycles. The normalized spacial score (nSPS) is 10.2. The molecule has 0 spiro atoms. The van der Waals surface area contributed by atoms with Crippen molar-refractivity contribution in [3.8, 4) is 5.75 Å². The zero-order valence-electron chi connectivity index (χ0n) is 10.2. The number of carbonyl (C=O) groups is 1. The highest BCUT2D eigenvalue weighted by Gasteiger charge is 2.09. The predicted octanol–water partition coefficient (Wildman–Crippen LogP) is 3.64. The molecule has 0 unspecified atom stereocenters. The van der Waals surface area contributed by atoms with Crippen LogP contribution in [-0.2, 0) is 4.79 Å². The zero-order valence-corrected chi connectivity index (χ0v) is 11.0. The highest BCUT2D eigenvalue weighted by atomic mass is 35.5. The van der Waals surface area contributed by atoms with Crippen molar-refractivity contribution >= 4 is 23.2 Å². The van der Waals surface area contributed by atoms with Crippen molar-refractivity contribution in [3.05, 3.63) is 59.1 Å². The smallest absolute Gasteiger partial charge is 0.262 e. The quantitative estimate of drug-likeness (QED) is 0.936. The largest absolute Gasteiger partial charge is 0.484 e. The molecule has 0 fully saturated rings. The van der Waals surface area contributed by atoms with E-state index < -0.39 is 17.5 Å². The Hall–Kier alpha value is -2.14. The fourth-order valence-electron chi connectivity index (χ4n) is 1.49. The van der Waals surface area contributed by atoms with Crippen LogP contribution in [0.3, 0.4) is 0 Å². The summed E-state index contributed by atoms with van der Waals surface area (Å²) in [6.45, 7) is -0.337. The molecule has 0 radical (unpaired) electrons. The van der Waals surface area contributed by atoms with E-state index in [2.05, 4.69) is 5.32 Å². The second kappa shape index (κ2) is 6.34. The molecular formula is C14H10ClF2NO2. The van der Waals surface area contributed by atoms with Gasteiger partial charge in [-0.25, -0.2) is 8.78 Å². The van der Waals surface area contributed by atoms with Gasteiger partial charge in [0, 0.05) is 11.1 Å². The third-order valence-corrected chi connectivity index (χ3v) is 2.60. The lowest BCUT2D eigenvalue weighted by atomic mass is 10.3. The Morgan fingerprint density at radius 1 is 1.20 bits per heavy atom. The van der Waals surface area contributed by atoms with Gasteiger partial charge in [-0.15, -0.1) is 0 Å². The summed E-state index contributed by atoms with van der Waals surface area (Å²) in [6, 6.07) is 9.29. The van der Waals surface area contributed by atoms with Gasteiger partial charge in [0.25, 0.3) is 5.91 Å². The van der Waals surface area contributed by atoms with Crippen LogP contribution in [0, 0.1) is 11.6 Å². The molecule has 6 heteroatoms. The maximum Gasteiger partial charge on any atom is 0.262 e. The van der Waals surface area contributed by atoms with Crippen LogP contribution in [0.1, 0.15) is 0 Å². The van der Waals surface area contributed by atoms with Crippen LogP contribution in [-0.4, -0.2) is 12.5 Å². The number of hydrogen-bond acceptors (Lipinski definition) is 2. The molecule has 2 aromatic carbocycles. The lowest BCUT2D eigenvalue weighted by Gasteiger charge is -2.08. The number of hydrogen-bond donors (Lipinski definition) is 1. The van der Waals surface area contributed by atoms with Gasteiger partial charge in [0.15, 0.2) is 6.61 Å². The van der Waals surface area contributed by atoms with Crippen LogP contribution in [0.4, 0.5) is 14.5 Å². The van der Waals surface area contributed by atoms with E-state index in [4.69, 9.17) is 16.3 Å². The lowest BCUT2D eigenvalue weighted by Crippen LogP contribution is -2.20. The topological polar surface area (TPSA) is 38.3 Å². The Balaban J connectivity index is 1.94. The first-order valence-corrected chi connectivity index (χ1v) is 6.05. The molecule has 0 aliphatic heterocycles. The van der Waals surface area contributed by atoms with Gasteiger partial charge < -0.3 is 10.1 Å². The molecule has 1 amide bonds. The van der Waals surface area contributed by atoms with Crippen molar-refractivity contribution in [2.75, 3.05) is 11.9 Å². The number of halogens is 3. The predicted molar refractivity (Wildman–Crippen MR) is 71.9 cm³/mol. The fourth-order valence-corrected chi connectivity index (χ4v) is 1.67. The van der Waals surface area contributed by atoms with Gasteiger partial charge in [-0.2, -0.15) is 0 Å². The summed E-state index contributed by atoms with van der Waals surface area (Å²) >= 11 is 5.76. The number of anilines is 1. The van der Waals surface area contributed by atoms with E-state index in [1.165, 1.54) is 6.07 Å². The van der Waals surface area contributed by atoms with Crippen LogP contribution in [0.25, 0.3) is 0 Å². The van der Waals surface area contributed by atoms with E-state index in [1.807, 2.05) is 0 Å². The summed E-state index contributed by atoms with van der Waals surface area (Å²) in [7, 11) is 0. The molecule has 0 bridgehead atoms. The summed E-state index contributed by atoms with van der Waals surface area (Å²) < 4.78 is 31.4. The van der Waals surface area contributed by atoms with Crippen molar-refractivity contribution in [3.63, 3.8) is 0 Å². The monoisotopic (exact) mass is 297 g/mol. The Kier molecular flexibility index (Phi) is 4.53. The standard InChI is InChI=1S/C14H10ClF2NO2/c15-9-2-1-3-11(6-9)20-8-14(19)18-13-7-10(16)4-5-12(13)17/h1-7H,8H2,(H,18,19). The number of rotatable bonds is 4. The van der Waals surface area contributed by atoms with Crippen LogP contribution in [0.15, 0.2) is 42.5 Å². The Labute approximate surface area is 119 Å². The van der Waals surface area contributed by atoms with Crippen LogP contribution in [0.2, 0.25) is 5.02 Å². The number of nitrogens with one attached hydrogen (secondary N) is 1. The van der Waals surface area contributed by atoms with Gasteiger partial charge >= 0.3 is 0 Å². The highest BCUT2D eigenvalue weighted by Crippen LogP contribution is 2.18. The minimum atomic E-state index is -0.720. The molecule has 3 nitrogen and oxygen atoms in total. The van der Waals surface area contributed by atoms with Crippen molar-refractivity contribution < 1.29 is 18.3 Å². The maximum absolute atomic E-state index is 13.3. The van der Waals surface area contributed by atoms with Crippen molar-refractivity contribution in [2.45, 2.75) is 0 Å². The van der Waals surface area contributed by atoms with Gasteiger partial charge in [0.05, 0.1) is 5.69 Å². The molecule has 0 aliphatic rings. The van der Waals surface area contributed by atoms with Crippen molar-refractivity contribution in [2.24, 2.45) is 0 Å². The van der Waals surface area contributed by atoms with Gasteiger partial charge in [-0.05, 0) is 30.3 Å². The molecule has 2 rings (SSSR count). The zero-order chi connectivity index (χ0) is 14.5. The van der Waals surface area contributed by atoms with Gasteiger partial charge in [-0.1, -0.05) is 17.7 Å². The van der Waals surface area contributed by atoms with E-state index in [-0.39, 0.29) is 12.3 Å². The average molecular weight is 298 g/mol. The first kappa shape index (κ1) is 14.3. The van der Waals surface area contributed by atoms with Crippen LogP contribution >= 0.6 is 11.6 Å². The molecule has 2 aromatic rings. The highest BCUT2D eigenvalue weighted by molar-refractivity contribution is 6.30. The summed E-state index contributed by atoms with van der Waals surface area (Å²) in [5, 5.41) is 2.70. The Morgan fingerprint density at radius 3 is 2.75 bits per heavy atom. The second-order valence-corrected chi connectivity index (χ2v) is 4.35. The SMILES string of the molecule is O=C(COc1cccc(Cl)c1)Nc1cc(F)ccc1F. The Bertz CT molecular complexity index is 634. The van der Waals surface area contributed by atoms with Gasteiger partial charge in [0.1, 0.15) is 17.4 Å². The summed E-state index contributed by atoms with van der Waals surface area (Å²) in [4.78, 5) is 11.6. The molecule has 104 valence electrons. The van der Waals surface area contributed by atoms with E-state index in [9.17, 15) is 13.6 Å². The third-order valence-electron chi connectivity index (χ3n) is 2.37. The minimum absolute atomic E-state index is 0.232. The molecule has 0 atom stereocenters. The lowest BCUT2D eigenvalue weighted by molar-refractivity contribution is -0.118. The Morgan fingerprint density at radius 2 is 2.00 bits per heavy atom. The minimum Gasteiger partial charge on any atom is -0.484 e. The fraction of sp³-hybridized carbons (Fsp3) is 0.0714. The average Bonchev–Trinajstić information content (AvgIpc) is 2.41. The van der Waals surface area contributed by atoms with Crippen molar-refractivity contribution in [1.29, 1.82) is 0 Å². The number of carbonyl (C=O) groups excluding carboxylic acids is 1. The molecular weight excluding hydrogens is 288 g/mol. The number of benzene rings is 2. The summed E-state index contributed by atoms with van der Waals surface area (Å²) in [6.07, 6.45) is 0. The van der Waals surface area contributed by atoms with Crippen LogP contribution < -0.4 is 10.1 Å². The molecule has 0 saturated heterocycles. The van der Waals surface area contributed by atoms with E-state index in [0.29, 0.717) is 10.8 Å². The summed E-state index contributed by atoms with van der Waals surface area (Å²) in [5.41, 5.74) is -0.232. The number of amides is 1. The summed E-state index contributed by atoms with van der Waals surface area (Å²) in [5.74, 6) is -1.55. The van der Waals surface area contributed by atoms with Gasteiger partial charge in [-0.3, -0.25) is 4.79 Å². The van der Waals surface area contributed by atoms with E-state index >= 15 is 0 Å². The van der Waals surface area contributed by atoms with Gasteiger partial charge in [0.2, 0.25) is 0 Å². The van der Waals surface area contributed by atoms with Crippen LogP contribution in [0.5, 0.6) is 5.75 Å². The first-order valence-electron chi connectivity index (χ1n) is 5.68. The first-order chi connectivity index (χ1) is 9.54. The molecule has 20 heavy (non-hydrogen) atoms. The second-order valence-electron chi connectivity index (χ2n) is 3.92.